The van der Waals surface area contributed by atoms with Gasteiger partial charge in [0.05, 0.1) is 7.11 Å². The average Bonchev–Trinajstić information content (AvgIpc) is 2.59. The van der Waals surface area contributed by atoms with Gasteiger partial charge in [-0.15, -0.1) is 8.80 Å². The highest BCUT2D eigenvalue weighted by atomic mass is 32.2. The highest BCUT2D eigenvalue weighted by Crippen LogP contribution is 2.12. The molecule has 0 saturated carbocycles. The van der Waals surface area contributed by atoms with Crippen LogP contribution in [0.3, 0.4) is 0 Å². The molecule has 0 bridgehead atoms. The van der Waals surface area contributed by atoms with Crippen molar-refractivity contribution in [3.63, 3.8) is 0 Å². The number of ether oxygens (including phenoxy) is 1. The van der Waals surface area contributed by atoms with E-state index in [0.29, 0.717) is 5.69 Å². The van der Waals surface area contributed by atoms with Gasteiger partial charge in [0.25, 0.3) is 17.1 Å². The van der Waals surface area contributed by atoms with Crippen LogP contribution in [0.1, 0.15) is 0 Å². The van der Waals surface area contributed by atoms with Gasteiger partial charge < -0.3 is 10.1 Å². The highest BCUT2D eigenvalue weighted by Gasteiger charge is 2.19. The van der Waals surface area contributed by atoms with E-state index in [4.69, 9.17) is 4.74 Å². The van der Waals surface area contributed by atoms with Gasteiger partial charge in [0.2, 0.25) is 5.84 Å². The zero-order valence-corrected chi connectivity index (χ0v) is 9.12. The summed E-state index contributed by atoms with van der Waals surface area (Å²) in [4.78, 5) is 0. The topological polar surface area (TPSA) is 63.0 Å². The molecular formula is C9H8FN3O2S. The monoisotopic (exact) mass is 241 g/mol. The Kier molecular flexibility index (Phi) is 2.95. The Labute approximate surface area is 93.8 Å². The highest BCUT2D eigenvalue weighted by molar-refractivity contribution is 7.83. The van der Waals surface area contributed by atoms with E-state index in [1.807, 2.05) is 0 Å². The second kappa shape index (κ2) is 4.40. The first-order valence-electron chi connectivity index (χ1n) is 4.35. The van der Waals surface area contributed by atoms with Crippen molar-refractivity contribution >= 4 is 28.6 Å². The smallest absolute Gasteiger partial charge is 0.271 e. The van der Waals surface area contributed by atoms with Crippen molar-refractivity contribution in [1.82, 2.24) is 0 Å². The Morgan fingerprint density at radius 1 is 1.44 bits per heavy atom. The van der Waals surface area contributed by atoms with Gasteiger partial charge in [-0.05, 0) is 18.2 Å². The van der Waals surface area contributed by atoms with Crippen molar-refractivity contribution < 1.29 is 13.3 Å². The van der Waals surface area contributed by atoms with Crippen LogP contribution in [-0.4, -0.2) is 23.1 Å². The third-order valence-corrected chi connectivity index (χ3v) is 2.47. The molecule has 1 aromatic rings. The lowest BCUT2D eigenvalue weighted by Gasteiger charge is -2.06. The first-order valence-corrected chi connectivity index (χ1v) is 5.42. The fourth-order valence-electron chi connectivity index (χ4n) is 1.16. The van der Waals surface area contributed by atoms with E-state index in [1.165, 1.54) is 19.2 Å². The van der Waals surface area contributed by atoms with Crippen molar-refractivity contribution in [2.45, 2.75) is 0 Å². The van der Waals surface area contributed by atoms with Gasteiger partial charge in [-0.25, -0.2) is 8.60 Å². The molecule has 16 heavy (non-hydrogen) atoms. The molecule has 1 aliphatic rings. The van der Waals surface area contributed by atoms with Crippen LogP contribution in [0.15, 0.2) is 33.1 Å². The minimum Gasteiger partial charge on any atom is -0.478 e. The number of benzene rings is 1. The Morgan fingerprint density at radius 3 is 2.94 bits per heavy atom. The minimum absolute atomic E-state index is 0.141. The second-order valence-electron chi connectivity index (χ2n) is 2.91. The van der Waals surface area contributed by atoms with Crippen molar-refractivity contribution in [3.8, 4) is 0 Å². The molecular weight excluding hydrogens is 233 g/mol. The minimum atomic E-state index is -1.67. The summed E-state index contributed by atoms with van der Waals surface area (Å²) >= 11 is -1.67. The van der Waals surface area contributed by atoms with Gasteiger partial charge in [0.15, 0.2) is 0 Å². The van der Waals surface area contributed by atoms with E-state index in [0.717, 1.165) is 0 Å². The van der Waals surface area contributed by atoms with E-state index in [9.17, 15) is 8.60 Å². The zero-order chi connectivity index (χ0) is 11.5. The van der Waals surface area contributed by atoms with Gasteiger partial charge >= 0.3 is 0 Å². The number of anilines is 1. The predicted octanol–water partition coefficient (Wildman–Crippen LogP) is 1.27. The number of methoxy groups -OCH3 is 1. The summed E-state index contributed by atoms with van der Waals surface area (Å²) in [5.41, 5.74) is 0.488. The molecule has 0 saturated heterocycles. The zero-order valence-electron chi connectivity index (χ0n) is 8.31. The van der Waals surface area contributed by atoms with Crippen LogP contribution in [0.4, 0.5) is 10.1 Å². The lowest BCUT2D eigenvalue weighted by Crippen LogP contribution is -2.21. The quantitative estimate of drug-likeness (QED) is 0.805. The summed E-state index contributed by atoms with van der Waals surface area (Å²) in [5.74, 6) is -0.00495. The number of amidine groups is 1. The van der Waals surface area contributed by atoms with Gasteiger partial charge in [-0.2, -0.15) is 0 Å². The van der Waals surface area contributed by atoms with Crippen LogP contribution >= 0.6 is 0 Å². The average molecular weight is 241 g/mol. The molecule has 1 heterocycles. The molecule has 0 aliphatic carbocycles. The van der Waals surface area contributed by atoms with E-state index in [1.54, 1.807) is 12.1 Å². The van der Waals surface area contributed by atoms with Crippen LogP contribution in [0, 0.1) is 5.82 Å². The molecule has 1 N–H and O–H groups in total. The van der Waals surface area contributed by atoms with E-state index in [-0.39, 0.29) is 17.6 Å². The normalized spacial score (nSPS) is 19.0. The van der Waals surface area contributed by atoms with Gasteiger partial charge in [0, 0.05) is 5.69 Å². The van der Waals surface area contributed by atoms with E-state index < -0.39 is 11.2 Å². The molecule has 84 valence electrons. The molecule has 0 fully saturated rings. The summed E-state index contributed by atoms with van der Waals surface area (Å²) in [6, 6.07) is 5.82. The molecule has 0 radical (unpaired) electrons. The molecule has 0 spiro atoms. The fourth-order valence-corrected chi connectivity index (χ4v) is 1.79. The Balaban J connectivity index is 2.20. The van der Waals surface area contributed by atoms with Crippen LogP contribution in [0.25, 0.3) is 0 Å². The SMILES string of the molecule is COC1=NS(=O)N=C1Nc1cccc(F)c1. The van der Waals surface area contributed by atoms with E-state index >= 15 is 0 Å². The Morgan fingerprint density at radius 2 is 2.25 bits per heavy atom. The number of rotatable bonds is 1. The summed E-state index contributed by atoms with van der Waals surface area (Å²) < 4.78 is 36.1. The third-order valence-electron chi connectivity index (χ3n) is 1.81. The first kappa shape index (κ1) is 10.7. The largest absolute Gasteiger partial charge is 0.478 e. The molecule has 0 amide bonds. The Bertz CT molecular complexity index is 501. The molecule has 2 rings (SSSR count). The summed E-state index contributed by atoms with van der Waals surface area (Å²) in [6.07, 6.45) is 0. The van der Waals surface area contributed by atoms with Crippen molar-refractivity contribution in [2.75, 3.05) is 12.4 Å². The van der Waals surface area contributed by atoms with Crippen molar-refractivity contribution in [1.29, 1.82) is 0 Å². The molecule has 5 nitrogen and oxygen atoms in total. The maximum Gasteiger partial charge on any atom is 0.271 e. The molecule has 0 aromatic heterocycles. The number of nitrogens with one attached hydrogen (secondary N) is 1. The second-order valence-corrected chi connectivity index (χ2v) is 3.73. The van der Waals surface area contributed by atoms with Gasteiger partial charge in [-0.3, -0.25) is 0 Å². The standard InChI is InChI=1S/C9H8FN3O2S/c1-15-9-8(12-16(14)13-9)11-7-4-2-3-6(10)5-7/h2-5H,1H3,(H,11,12). The third kappa shape index (κ3) is 2.25. The number of hydrogen-bond donors (Lipinski definition) is 1. The molecule has 1 aromatic carbocycles. The lowest BCUT2D eigenvalue weighted by molar-refractivity contribution is 0.413. The fraction of sp³-hybridized carbons (Fsp3) is 0.111. The van der Waals surface area contributed by atoms with Crippen LogP contribution in [0.5, 0.6) is 0 Å². The molecule has 7 heteroatoms. The number of hydrogen-bond acceptors (Lipinski definition) is 3. The summed E-state index contributed by atoms with van der Waals surface area (Å²) in [6.45, 7) is 0. The van der Waals surface area contributed by atoms with Crippen molar-refractivity contribution in [2.24, 2.45) is 8.80 Å². The molecule has 1 aliphatic heterocycles. The molecule has 1 unspecified atom stereocenters. The summed E-state index contributed by atoms with van der Waals surface area (Å²) in [7, 11) is 1.39. The number of halogens is 1. The molecule has 1 atom stereocenters. The van der Waals surface area contributed by atoms with Crippen LogP contribution in [0.2, 0.25) is 0 Å². The van der Waals surface area contributed by atoms with E-state index in [2.05, 4.69) is 14.1 Å². The van der Waals surface area contributed by atoms with Crippen LogP contribution < -0.4 is 5.32 Å². The van der Waals surface area contributed by atoms with Gasteiger partial charge in [0.1, 0.15) is 5.82 Å². The van der Waals surface area contributed by atoms with Crippen LogP contribution in [-0.2, 0) is 15.9 Å². The van der Waals surface area contributed by atoms with Gasteiger partial charge in [-0.1, -0.05) is 6.07 Å². The maximum absolute atomic E-state index is 12.9. The lowest BCUT2D eigenvalue weighted by atomic mass is 10.3. The maximum atomic E-state index is 12.9. The number of nitrogens with zero attached hydrogens (tertiary/aromatic N) is 2. The predicted molar refractivity (Wildman–Crippen MR) is 60.0 cm³/mol. The van der Waals surface area contributed by atoms with Crippen molar-refractivity contribution in [3.05, 3.63) is 30.1 Å². The summed E-state index contributed by atoms with van der Waals surface area (Å²) in [5, 5.41) is 2.77. The first-order chi connectivity index (χ1) is 7.69. The Hall–Kier alpha value is -1.76.